The van der Waals surface area contributed by atoms with Gasteiger partial charge in [-0.2, -0.15) is 10.4 Å². The molecule has 5 aromatic rings. The summed E-state index contributed by atoms with van der Waals surface area (Å²) in [7, 11) is 0. The number of carbonyl (C=O) groups excluding carboxylic acids is 1. The second-order valence-electron chi connectivity index (χ2n) is 7.09. The summed E-state index contributed by atoms with van der Waals surface area (Å²) >= 11 is 0. The van der Waals surface area contributed by atoms with Crippen molar-refractivity contribution in [1.29, 1.82) is 5.26 Å². The first kappa shape index (κ1) is 18.4. The third-order valence-electron chi connectivity index (χ3n) is 5.17. The fourth-order valence-electron chi connectivity index (χ4n) is 3.63. The number of aromatic amines is 1. The summed E-state index contributed by atoms with van der Waals surface area (Å²) < 4.78 is 7.10. The quantitative estimate of drug-likeness (QED) is 0.351. The first-order valence-electron chi connectivity index (χ1n) is 9.45. The summed E-state index contributed by atoms with van der Waals surface area (Å²) in [5.74, 6) is -0.415. The highest BCUT2D eigenvalue weighted by Crippen LogP contribution is 2.20. The Morgan fingerprint density at radius 1 is 1.19 bits per heavy atom. The topological polar surface area (TPSA) is 116 Å². The molecule has 0 atom stereocenters. The predicted octanol–water partition coefficient (Wildman–Crippen LogP) is 3.47. The summed E-state index contributed by atoms with van der Waals surface area (Å²) in [5.41, 5.74) is 6.45. The first-order valence-corrected chi connectivity index (χ1v) is 9.45. The zero-order valence-electron chi connectivity index (χ0n) is 16.3. The number of hydrazone groups is 1. The van der Waals surface area contributed by atoms with Crippen molar-refractivity contribution >= 4 is 39.6 Å². The Morgan fingerprint density at radius 2 is 2.06 bits per heavy atom. The van der Waals surface area contributed by atoms with Gasteiger partial charge in [-0.05, 0) is 49.4 Å². The maximum atomic E-state index is 12.6. The molecule has 0 radical (unpaired) electrons. The van der Waals surface area contributed by atoms with Crippen LogP contribution in [0.3, 0.4) is 0 Å². The number of benzene rings is 2. The Balaban J connectivity index is 1.46. The van der Waals surface area contributed by atoms with Gasteiger partial charge in [0.25, 0.3) is 5.91 Å². The van der Waals surface area contributed by atoms with Crippen LogP contribution in [0.5, 0.6) is 0 Å². The highest BCUT2D eigenvalue weighted by atomic mass is 16.4. The van der Waals surface area contributed by atoms with Crippen LogP contribution < -0.4 is 11.1 Å². The van der Waals surface area contributed by atoms with E-state index in [9.17, 15) is 9.59 Å². The van der Waals surface area contributed by atoms with Gasteiger partial charge in [0, 0.05) is 40.0 Å². The van der Waals surface area contributed by atoms with Crippen LogP contribution in [0.15, 0.2) is 69.0 Å². The van der Waals surface area contributed by atoms with Gasteiger partial charge in [0.1, 0.15) is 0 Å². The summed E-state index contributed by atoms with van der Waals surface area (Å²) in [6, 6.07) is 15.7. The van der Waals surface area contributed by atoms with Crippen molar-refractivity contribution in [2.45, 2.75) is 6.92 Å². The molecule has 2 N–H and O–H groups in total. The molecule has 0 aliphatic rings. The van der Waals surface area contributed by atoms with E-state index in [2.05, 4.69) is 21.6 Å². The van der Waals surface area contributed by atoms with Gasteiger partial charge in [-0.25, -0.2) is 10.2 Å². The van der Waals surface area contributed by atoms with Crippen LogP contribution in [-0.4, -0.2) is 21.5 Å². The molecule has 0 aliphatic heterocycles. The van der Waals surface area contributed by atoms with Crippen LogP contribution in [0.2, 0.25) is 0 Å². The largest absolute Gasteiger partial charge is 0.405 e. The van der Waals surface area contributed by atoms with E-state index in [1.54, 1.807) is 47.0 Å². The van der Waals surface area contributed by atoms with Crippen molar-refractivity contribution in [1.82, 2.24) is 14.8 Å². The lowest BCUT2D eigenvalue weighted by Crippen LogP contribution is -2.18. The molecule has 0 saturated heterocycles. The number of aryl methyl sites for hydroxylation is 1. The zero-order valence-corrected chi connectivity index (χ0v) is 16.3. The van der Waals surface area contributed by atoms with Crippen molar-refractivity contribution in [3.05, 3.63) is 87.5 Å². The fraction of sp³-hybridized carbons (Fsp3) is 0.0435. The van der Waals surface area contributed by atoms with Gasteiger partial charge < -0.3 is 9.40 Å². The third kappa shape index (κ3) is 3.05. The Labute approximate surface area is 175 Å². The number of H-pyrrole nitrogens is 1. The molecule has 0 saturated carbocycles. The first-order chi connectivity index (χ1) is 15.0. The number of fused-ring (bicyclic) bond motifs is 4. The molecule has 8 heteroatoms. The Kier molecular flexibility index (Phi) is 4.15. The van der Waals surface area contributed by atoms with Gasteiger partial charge in [0.2, 0.25) is 5.71 Å². The number of hydrogen-bond donors (Lipinski definition) is 2. The van der Waals surface area contributed by atoms with Crippen molar-refractivity contribution in [2.24, 2.45) is 5.10 Å². The van der Waals surface area contributed by atoms with Crippen molar-refractivity contribution in [2.75, 3.05) is 0 Å². The monoisotopic (exact) mass is 409 g/mol. The number of amides is 1. The van der Waals surface area contributed by atoms with E-state index in [-0.39, 0.29) is 0 Å². The van der Waals surface area contributed by atoms with Gasteiger partial charge in [-0.1, -0.05) is 0 Å². The second kappa shape index (κ2) is 7.00. The third-order valence-corrected chi connectivity index (χ3v) is 5.17. The molecule has 5 rings (SSSR count). The number of rotatable bonds is 3. The van der Waals surface area contributed by atoms with E-state index in [4.69, 9.17) is 9.68 Å². The maximum absolute atomic E-state index is 12.6. The van der Waals surface area contributed by atoms with Crippen LogP contribution in [-0.2, 0) is 0 Å². The van der Waals surface area contributed by atoms with Crippen LogP contribution in [0.4, 0.5) is 0 Å². The summed E-state index contributed by atoms with van der Waals surface area (Å²) in [6.45, 7) is 1.89. The number of hydrogen-bond acceptors (Lipinski definition) is 5. The number of nitrogens with zero attached hydrogens (tertiary/aromatic N) is 3. The molecule has 1 amide bonds. The Hall–Kier alpha value is -4.64. The second-order valence-corrected chi connectivity index (χ2v) is 7.09. The molecule has 0 unspecified atom stereocenters. The number of nitrogens with one attached hydrogen (secondary N) is 2. The minimum atomic E-state index is -0.457. The molecule has 0 fully saturated rings. The van der Waals surface area contributed by atoms with E-state index in [0.717, 1.165) is 22.2 Å². The van der Waals surface area contributed by atoms with Gasteiger partial charge in [0.15, 0.2) is 0 Å². The standard InChI is InChI=1S/C23H15N5O3/c1-13-2-7-21-28(13)20-9-15(4-5-17(20)23(30)31-21)22(29)27-26-12-16-11-25-19-6-3-14(10-24)8-18(16)19/h2-9,11-12,25H,1H3,(H,27,29)/b26-12+. The molecule has 0 spiro atoms. The fourth-order valence-corrected chi connectivity index (χ4v) is 3.63. The zero-order chi connectivity index (χ0) is 21.5. The molecule has 3 heterocycles. The van der Waals surface area contributed by atoms with Gasteiger partial charge in [0.05, 0.1) is 28.8 Å². The Morgan fingerprint density at radius 3 is 2.90 bits per heavy atom. The van der Waals surface area contributed by atoms with E-state index >= 15 is 0 Å². The van der Waals surface area contributed by atoms with Crippen LogP contribution in [0, 0.1) is 18.3 Å². The van der Waals surface area contributed by atoms with Crippen LogP contribution >= 0.6 is 0 Å². The van der Waals surface area contributed by atoms with Crippen molar-refractivity contribution < 1.29 is 9.21 Å². The highest BCUT2D eigenvalue weighted by molar-refractivity contribution is 6.01. The molecule has 3 aromatic heterocycles. The molecule has 0 bridgehead atoms. The molecule has 0 aliphatic carbocycles. The minimum absolute atomic E-state index is 0.357. The SMILES string of the molecule is Cc1ccc2oc(=O)c3ccc(C(=O)N/N=C/c4c[nH]c5ccc(C#N)cc45)cc3n12. The smallest absolute Gasteiger partial charge is 0.346 e. The molecule has 31 heavy (non-hydrogen) atoms. The molecular weight excluding hydrogens is 394 g/mol. The summed E-state index contributed by atoms with van der Waals surface area (Å²) in [5, 5.41) is 14.4. The number of carbonyl (C=O) groups is 1. The number of aromatic nitrogens is 2. The molecule has 2 aromatic carbocycles. The number of nitriles is 1. The van der Waals surface area contributed by atoms with E-state index in [0.29, 0.717) is 27.7 Å². The average molecular weight is 409 g/mol. The predicted molar refractivity (Wildman–Crippen MR) is 116 cm³/mol. The molecule has 150 valence electrons. The minimum Gasteiger partial charge on any atom is -0.405 e. The lowest BCUT2D eigenvalue weighted by molar-refractivity contribution is 0.0955. The van der Waals surface area contributed by atoms with E-state index < -0.39 is 11.5 Å². The summed E-state index contributed by atoms with van der Waals surface area (Å²) in [6.07, 6.45) is 3.27. The molecular formula is C23H15N5O3. The normalized spacial score (nSPS) is 11.5. The lowest BCUT2D eigenvalue weighted by Gasteiger charge is -2.06. The van der Waals surface area contributed by atoms with E-state index in [1.165, 1.54) is 6.21 Å². The Bertz CT molecular complexity index is 1630. The van der Waals surface area contributed by atoms with Crippen LogP contribution in [0.1, 0.15) is 27.2 Å². The van der Waals surface area contributed by atoms with Crippen molar-refractivity contribution in [3.63, 3.8) is 0 Å². The lowest BCUT2D eigenvalue weighted by atomic mass is 10.1. The molecule has 8 nitrogen and oxygen atoms in total. The van der Waals surface area contributed by atoms with E-state index in [1.807, 2.05) is 19.1 Å². The van der Waals surface area contributed by atoms with Gasteiger partial charge in [-0.3, -0.25) is 9.20 Å². The van der Waals surface area contributed by atoms with Gasteiger partial charge >= 0.3 is 5.63 Å². The van der Waals surface area contributed by atoms with Crippen molar-refractivity contribution in [3.8, 4) is 6.07 Å². The highest BCUT2D eigenvalue weighted by Gasteiger charge is 2.12. The maximum Gasteiger partial charge on any atom is 0.346 e. The average Bonchev–Trinajstić information content (AvgIpc) is 3.36. The van der Waals surface area contributed by atoms with Crippen LogP contribution in [0.25, 0.3) is 27.5 Å². The van der Waals surface area contributed by atoms with Gasteiger partial charge in [-0.15, -0.1) is 0 Å². The summed E-state index contributed by atoms with van der Waals surface area (Å²) in [4.78, 5) is 28.0.